The lowest BCUT2D eigenvalue weighted by atomic mass is 9.81. The molecule has 1 heterocycles. The van der Waals surface area contributed by atoms with Gasteiger partial charge in [0.1, 0.15) is 6.54 Å². The molecule has 7 nitrogen and oxygen atoms in total. The molecule has 1 aromatic rings. The van der Waals surface area contributed by atoms with Gasteiger partial charge < -0.3 is 10.1 Å². The summed E-state index contributed by atoms with van der Waals surface area (Å²) >= 11 is 7.03. The number of hydrogen-bond acceptors (Lipinski definition) is 5. The van der Waals surface area contributed by atoms with Crippen LogP contribution < -0.4 is 5.32 Å². The number of amides is 3. The number of fused-ring (bicyclic) bond motifs is 1. The number of imide groups is 1. The normalized spacial score (nSPS) is 26.8. The summed E-state index contributed by atoms with van der Waals surface area (Å²) in [6.07, 6.45) is 1.07. The Kier molecular flexibility index (Phi) is 6.54. The zero-order valence-electron chi connectivity index (χ0n) is 15.2. The van der Waals surface area contributed by atoms with Crippen LogP contribution in [0.5, 0.6) is 0 Å². The fourth-order valence-electron chi connectivity index (χ4n) is 3.47. The van der Waals surface area contributed by atoms with Gasteiger partial charge in [-0.3, -0.25) is 24.1 Å². The molecule has 1 saturated carbocycles. The van der Waals surface area contributed by atoms with Crippen LogP contribution in [0.15, 0.2) is 24.3 Å². The molecule has 9 heteroatoms. The third kappa shape index (κ3) is 4.63. The molecule has 0 radical (unpaired) electrons. The van der Waals surface area contributed by atoms with Gasteiger partial charge in [0.2, 0.25) is 11.8 Å². The molecule has 150 valence electrons. The summed E-state index contributed by atoms with van der Waals surface area (Å²) < 4.78 is 4.94. The average molecular weight is 516 g/mol. The van der Waals surface area contributed by atoms with Gasteiger partial charge in [-0.1, -0.05) is 49.6 Å². The molecule has 2 aliphatic rings. The number of hydrogen-bond donors (Lipinski definition) is 1. The zero-order chi connectivity index (χ0) is 20.4. The number of carbonyl (C=O) groups is 4. The number of nitrogens with one attached hydrogen (secondary N) is 1. The summed E-state index contributed by atoms with van der Waals surface area (Å²) in [5.41, 5.74) is 1.65. The summed E-state index contributed by atoms with van der Waals surface area (Å²) in [7, 11) is 0. The van der Waals surface area contributed by atoms with Crippen molar-refractivity contribution in [1.82, 2.24) is 4.90 Å². The van der Waals surface area contributed by atoms with Gasteiger partial charge in [0, 0.05) is 15.3 Å². The molecule has 1 aliphatic carbocycles. The number of alkyl halides is 2. The van der Waals surface area contributed by atoms with E-state index in [1.807, 2.05) is 19.1 Å². The molecule has 0 aromatic heterocycles. The second kappa shape index (κ2) is 8.73. The van der Waals surface area contributed by atoms with Gasteiger partial charge in [-0.15, -0.1) is 0 Å². The third-order valence-corrected chi connectivity index (χ3v) is 7.72. The van der Waals surface area contributed by atoms with Gasteiger partial charge in [0.05, 0.1) is 11.8 Å². The highest BCUT2D eigenvalue weighted by molar-refractivity contribution is 9.12. The molecular weight excluding hydrogens is 496 g/mol. The Morgan fingerprint density at radius 2 is 1.61 bits per heavy atom. The number of halogens is 2. The van der Waals surface area contributed by atoms with Crippen molar-refractivity contribution in [3.63, 3.8) is 0 Å². The van der Waals surface area contributed by atoms with Crippen LogP contribution in [0.4, 0.5) is 5.69 Å². The Labute approximate surface area is 179 Å². The summed E-state index contributed by atoms with van der Waals surface area (Å²) in [5, 5.41) is 2.61. The van der Waals surface area contributed by atoms with E-state index in [1.54, 1.807) is 12.1 Å². The van der Waals surface area contributed by atoms with Gasteiger partial charge in [0.25, 0.3) is 5.91 Å². The average Bonchev–Trinajstić information content (AvgIpc) is 2.87. The molecule has 3 amide bonds. The Bertz CT molecular complexity index is 770. The monoisotopic (exact) mass is 514 g/mol. The molecule has 1 aliphatic heterocycles. The fraction of sp³-hybridized carbons (Fsp3) is 0.474. The summed E-state index contributed by atoms with van der Waals surface area (Å²) in [6, 6.07) is 7.18. The Morgan fingerprint density at radius 3 is 2.14 bits per heavy atom. The predicted octanol–water partition coefficient (Wildman–Crippen LogP) is 2.40. The highest BCUT2D eigenvalue weighted by Crippen LogP contribution is 2.43. The lowest BCUT2D eigenvalue weighted by Gasteiger charge is -2.29. The Morgan fingerprint density at radius 1 is 1.07 bits per heavy atom. The standard InChI is InChI=1S/C19H20Br2N2O5/c1-10-2-4-11(5-3-10)22-16(24)9-28-17(25)8-23-18(26)12-6-14(20)15(21)7-13(12)19(23)27/h2-5,12-15H,6-9H2,1H3,(H,22,24)/t12-,13-,14+,15+/m1/s1. The molecule has 0 spiro atoms. The van der Waals surface area contributed by atoms with Gasteiger partial charge in [-0.2, -0.15) is 0 Å². The maximum Gasteiger partial charge on any atom is 0.326 e. The van der Waals surface area contributed by atoms with Gasteiger partial charge in [0.15, 0.2) is 6.61 Å². The number of nitrogens with zero attached hydrogens (tertiary/aromatic N) is 1. The van der Waals surface area contributed by atoms with Crippen LogP contribution in [0, 0.1) is 18.8 Å². The number of ether oxygens (including phenoxy) is 1. The number of anilines is 1. The molecule has 1 N–H and O–H groups in total. The number of benzene rings is 1. The van der Waals surface area contributed by atoms with E-state index in [0.29, 0.717) is 18.5 Å². The van der Waals surface area contributed by atoms with E-state index in [2.05, 4.69) is 37.2 Å². The third-order valence-electron chi connectivity index (χ3n) is 4.99. The smallest absolute Gasteiger partial charge is 0.326 e. The highest BCUT2D eigenvalue weighted by atomic mass is 79.9. The number of aryl methyl sites for hydroxylation is 1. The van der Waals surface area contributed by atoms with E-state index < -0.39 is 36.9 Å². The SMILES string of the molecule is Cc1ccc(NC(=O)COC(=O)CN2C(=O)[C@@H]3C[C@H](Br)[C@@H](Br)C[C@H]3C2=O)cc1. The van der Waals surface area contributed by atoms with Crippen LogP contribution in [-0.2, 0) is 23.9 Å². The Balaban J connectivity index is 1.50. The van der Waals surface area contributed by atoms with E-state index in [0.717, 1.165) is 10.5 Å². The molecule has 1 aromatic carbocycles. The van der Waals surface area contributed by atoms with Gasteiger partial charge in [-0.05, 0) is 31.9 Å². The number of esters is 1. The van der Waals surface area contributed by atoms with Crippen molar-refractivity contribution in [3.8, 4) is 0 Å². The first kappa shape index (κ1) is 21.0. The van der Waals surface area contributed by atoms with Gasteiger partial charge in [-0.25, -0.2) is 0 Å². The molecule has 0 unspecified atom stereocenters. The summed E-state index contributed by atoms with van der Waals surface area (Å²) in [6.45, 7) is 0.978. The largest absolute Gasteiger partial charge is 0.454 e. The van der Waals surface area contributed by atoms with E-state index >= 15 is 0 Å². The second-order valence-electron chi connectivity index (χ2n) is 7.05. The minimum absolute atomic E-state index is 0.0999. The van der Waals surface area contributed by atoms with Crippen LogP contribution in [0.25, 0.3) is 0 Å². The Hall–Kier alpha value is -1.74. The first-order valence-corrected chi connectivity index (χ1v) is 10.7. The zero-order valence-corrected chi connectivity index (χ0v) is 18.4. The lowest BCUT2D eigenvalue weighted by Crippen LogP contribution is -2.37. The van der Waals surface area contributed by atoms with Crippen molar-refractivity contribution >= 4 is 61.2 Å². The van der Waals surface area contributed by atoms with Crippen molar-refractivity contribution in [3.05, 3.63) is 29.8 Å². The molecule has 2 fully saturated rings. The van der Waals surface area contributed by atoms with Crippen LogP contribution in [0.2, 0.25) is 0 Å². The molecule has 4 atom stereocenters. The molecule has 28 heavy (non-hydrogen) atoms. The topological polar surface area (TPSA) is 92.8 Å². The van der Waals surface area contributed by atoms with Crippen molar-refractivity contribution < 1.29 is 23.9 Å². The van der Waals surface area contributed by atoms with Gasteiger partial charge >= 0.3 is 5.97 Å². The van der Waals surface area contributed by atoms with Crippen molar-refractivity contribution in [2.45, 2.75) is 29.4 Å². The van der Waals surface area contributed by atoms with E-state index in [-0.39, 0.29) is 21.5 Å². The highest BCUT2D eigenvalue weighted by Gasteiger charge is 2.52. The number of carbonyl (C=O) groups excluding carboxylic acids is 4. The van der Waals surface area contributed by atoms with E-state index in [4.69, 9.17) is 4.74 Å². The summed E-state index contributed by atoms with van der Waals surface area (Å²) in [5.74, 6) is -2.80. The quantitative estimate of drug-likeness (QED) is 0.369. The number of likely N-dealkylation sites (tertiary alicyclic amines) is 1. The minimum Gasteiger partial charge on any atom is -0.454 e. The fourth-order valence-corrected chi connectivity index (χ4v) is 4.71. The maximum atomic E-state index is 12.5. The minimum atomic E-state index is -0.787. The maximum absolute atomic E-state index is 12.5. The lowest BCUT2D eigenvalue weighted by molar-refractivity contribution is -0.154. The first-order valence-electron chi connectivity index (χ1n) is 8.91. The van der Waals surface area contributed by atoms with E-state index in [1.165, 1.54) is 0 Å². The predicted molar refractivity (Wildman–Crippen MR) is 109 cm³/mol. The summed E-state index contributed by atoms with van der Waals surface area (Å²) in [4.78, 5) is 50.2. The molecule has 3 rings (SSSR count). The number of rotatable bonds is 5. The molecule has 1 saturated heterocycles. The van der Waals surface area contributed by atoms with Crippen LogP contribution in [0.3, 0.4) is 0 Å². The van der Waals surface area contributed by atoms with E-state index in [9.17, 15) is 19.2 Å². The molecule has 0 bridgehead atoms. The van der Waals surface area contributed by atoms with Crippen LogP contribution >= 0.6 is 31.9 Å². The first-order chi connectivity index (χ1) is 13.3. The second-order valence-corrected chi connectivity index (χ2v) is 9.41. The van der Waals surface area contributed by atoms with Crippen molar-refractivity contribution in [1.29, 1.82) is 0 Å². The molecular formula is C19H20Br2N2O5. The van der Waals surface area contributed by atoms with Crippen LogP contribution in [-0.4, -0.2) is 51.4 Å². The van der Waals surface area contributed by atoms with Crippen molar-refractivity contribution in [2.75, 3.05) is 18.5 Å². The van der Waals surface area contributed by atoms with Crippen molar-refractivity contribution in [2.24, 2.45) is 11.8 Å². The van der Waals surface area contributed by atoms with Crippen LogP contribution in [0.1, 0.15) is 18.4 Å².